The summed E-state index contributed by atoms with van der Waals surface area (Å²) in [6, 6.07) is 1.65. The Morgan fingerprint density at radius 3 is 2.50 bits per heavy atom. The molecule has 0 radical (unpaired) electrons. The third-order valence-electron chi connectivity index (χ3n) is 2.65. The smallest absolute Gasteiger partial charge is 0.320 e. The van der Waals surface area contributed by atoms with Gasteiger partial charge in [-0.3, -0.25) is 10.1 Å². The van der Waals surface area contributed by atoms with Crippen LogP contribution in [0.1, 0.15) is 29.2 Å². The number of aliphatic carboxylic acids is 1. The molecule has 1 aromatic heterocycles. The first-order chi connectivity index (χ1) is 7.41. The zero-order valence-corrected chi connectivity index (χ0v) is 11.0. The van der Waals surface area contributed by atoms with Crippen molar-refractivity contribution in [1.82, 2.24) is 5.32 Å². The summed E-state index contributed by atoms with van der Waals surface area (Å²) in [7, 11) is 0. The summed E-state index contributed by atoms with van der Waals surface area (Å²) in [6.45, 7) is 8.62. The Bertz CT molecular complexity index is 352. The first kappa shape index (κ1) is 13.2. The molecule has 1 heterocycles. The van der Waals surface area contributed by atoms with Crippen LogP contribution >= 0.6 is 11.3 Å². The number of hydrogen-bond donors (Lipinski definition) is 2. The summed E-state index contributed by atoms with van der Waals surface area (Å²) in [6.07, 6.45) is 0. The fourth-order valence-corrected chi connectivity index (χ4v) is 2.56. The molecule has 0 amide bonds. The van der Waals surface area contributed by atoms with E-state index < -0.39 is 12.0 Å². The number of hydrogen-bond acceptors (Lipinski definition) is 3. The summed E-state index contributed by atoms with van der Waals surface area (Å²) in [5, 5.41) is 12.1. The number of rotatable bonds is 5. The summed E-state index contributed by atoms with van der Waals surface area (Å²) < 4.78 is 0. The van der Waals surface area contributed by atoms with E-state index in [1.54, 1.807) is 11.3 Å². The van der Waals surface area contributed by atoms with Gasteiger partial charge in [-0.15, -0.1) is 11.3 Å². The molecule has 0 saturated carbocycles. The Hall–Kier alpha value is -0.870. The van der Waals surface area contributed by atoms with E-state index in [9.17, 15) is 4.79 Å². The van der Waals surface area contributed by atoms with Crippen molar-refractivity contribution >= 4 is 17.3 Å². The lowest BCUT2D eigenvalue weighted by Gasteiger charge is -2.17. The summed E-state index contributed by atoms with van der Waals surface area (Å²) >= 11 is 1.72. The van der Waals surface area contributed by atoms with Gasteiger partial charge in [0.1, 0.15) is 6.04 Å². The quantitative estimate of drug-likeness (QED) is 0.833. The van der Waals surface area contributed by atoms with Crippen LogP contribution in [0.3, 0.4) is 0 Å². The lowest BCUT2D eigenvalue weighted by molar-refractivity contribution is -0.140. The molecule has 1 aromatic rings. The first-order valence-corrected chi connectivity index (χ1v) is 6.25. The van der Waals surface area contributed by atoms with Gasteiger partial charge in [0, 0.05) is 16.3 Å². The van der Waals surface area contributed by atoms with Crippen LogP contribution in [0.15, 0.2) is 6.07 Å². The Kier molecular flexibility index (Phi) is 4.50. The maximum Gasteiger partial charge on any atom is 0.320 e. The normalized spacial score (nSPS) is 13.1. The van der Waals surface area contributed by atoms with Crippen molar-refractivity contribution in [3.05, 3.63) is 21.4 Å². The fraction of sp³-hybridized carbons (Fsp3) is 0.583. The average Bonchev–Trinajstić information content (AvgIpc) is 2.45. The van der Waals surface area contributed by atoms with Crippen molar-refractivity contribution in [3.8, 4) is 0 Å². The third-order valence-corrected chi connectivity index (χ3v) is 3.80. The lowest BCUT2D eigenvalue weighted by Crippen LogP contribution is -2.40. The molecule has 16 heavy (non-hydrogen) atoms. The predicted molar refractivity (Wildman–Crippen MR) is 66.9 cm³/mol. The molecule has 0 fully saturated rings. The number of aryl methyl sites for hydroxylation is 2. The van der Waals surface area contributed by atoms with Crippen molar-refractivity contribution in [1.29, 1.82) is 0 Å². The van der Waals surface area contributed by atoms with E-state index >= 15 is 0 Å². The lowest BCUT2D eigenvalue weighted by atomic mass is 10.1. The second kappa shape index (κ2) is 5.46. The first-order valence-electron chi connectivity index (χ1n) is 5.44. The van der Waals surface area contributed by atoms with E-state index in [0.29, 0.717) is 6.54 Å². The minimum atomic E-state index is -0.778. The molecule has 90 valence electrons. The molecular weight excluding hydrogens is 222 g/mol. The van der Waals surface area contributed by atoms with Gasteiger partial charge in [0.15, 0.2) is 0 Å². The van der Waals surface area contributed by atoms with Crippen LogP contribution in [-0.2, 0) is 11.3 Å². The largest absolute Gasteiger partial charge is 0.480 e. The van der Waals surface area contributed by atoms with Gasteiger partial charge in [0.05, 0.1) is 0 Å². The topological polar surface area (TPSA) is 49.3 Å². The molecule has 0 aliphatic heterocycles. The molecule has 3 nitrogen and oxygen atoms in total. The maximum absolute atomic E-state index is 11.0. The minimum absolute atomic E-state index is 0.0969. The van der Waals surface area contributed by atoms with Gasteiger partial charge in [0.2, 0.25) is 0 Å². The number of carboxylic acid groups (broad SMARTS) is 1. The molecule has 1 atom stereocenters. The van der Waals surface area contributed by atoms with Crippen molar-refractivity contribution in [3.63, 3.8) is 0 Å². The standard InChI is InChI=1S/C12H19NO2S/c1-7(2)11(12(14)15)13-6-10-5-8(3)9(4)16-10/h5,7,11,13H,6H2,1-4H3,(H,14,15). The van der Waals surface area contributed by atoms with E-state index in [4.69, 9.17) is 5.11 Å². The number of carbonyl (C=O) groups is 1. The zero-order chi connectivity index (χ0) is 12.3. The van der Waals surface area contributed by atoms with Crippen LogP contribution in [-0.4, -0.2) is 17.1 Å². The Balaban J connectivity index is 2.59. The average molecular weight is 241 g/mol. The second-order valence-electron chi connectivity index (χ2n) is 4.39. The van der Waals surface area contributed by atoms with Gasteiger partial charge in [-0.05, 0) is 31.4 Å². The van der Waals surface area contributed by atoms with Crippen molar-refractivity contribution < 1.29 is 9.90 Å². The van der Waals surface area contributed by atoms with Crippen LogP contribution in [0.25, 0.3) is 0 Å². The summed E-state index contributed by atoms with van der Waals surface area (Å²) in [4.78, 5) is 13.5. The third kappa shape index (κ3) is 3.32. The predicted octanol–water partition coefficient (Wildman–Crippen LogP) is 2.56. The molecule has 0 saturated heterocycles. The fourth-order valence-electron chi connectivity index (χ4n) is 1.56. The monoisotopic (exact) mass is 241 g/mol. The van der Waals surface area contributed by atoms with E-state index in [1.807, 2.05) is 13.8 Å². The van der Waals surface area contributed by atoms with E-state index in [2.05, 4.69) is 25.2 Å². The molecular formula is C12H19NO2S. The molecule has 0 aliphatic rings. The summed E-state index contributed by atoms with van der Waals surface area (Å²) in [5.74, 6) is -0.681. The number of thiophene rings is 1. The highest BCUT2D eigenvalue weighted by molar-refractivity contribution is 7.12. The molecule has 0 spiro atoms. The zero-order valence-electron chi connectivity index (χ0n) is 10.2. The molecule has 2 N–H and O–H groups in total. The van der Waals surface area contributed by atoms with Gasteiger partial charge >= 0.3 is 5.97 Å². The molecule has 0 bridgehead atoms. The Labute approximate surface area is 100 Å². The van der Waals surface area contributed by atoms with Crippen LogP contribution in [0, 0.1) is 19.8 Å². The highest BCUT2D eigenvalue weighted by Gasteiger charge is 2.20. The SMILES string of the molecule is Cc1cc(CNC(C(=O)O)C(C)C)sc1C. The highest BCUT2D eigenvalue weighted by atomic mass is 32.1. The van der Waals surface area contributed by atoms with Crippen LogP contribution in [0.4, 0.5) is 0 Å². The van der Waals surface area contributed by atoms with Gasteiger partial charge in [-0.25, -0.2) is 0 Å². The van der Waals surface area contributed by atoms with Crippen molar-refractivity contribution in [2.24, 2.45) is 5.92 Å². The van der Waals surface area contributed by atoms with Gasteiger partial charge < -0.3 is 5.11 Å². The molecule has 4 heteroatoms. The van der Waals surface area contributed by atoms with E-state index in [1.165, 1.54) is 15.3 Å². The van der Waals surface area contributed by atoms with Gasteiger partial charge in [0.25, 0.3) is 0 Å². The van der Waals surface area contributed by atoms with E-state index in [0.717, 1.165) is 0 Å². The maximum atomic E-state index is 11.0. The number of nitrogens with one attached hydrogen (secondary N) is 1. The highest BCUT2D eigenvalue weighted by Crippen LogP contribution is 2.20. The minimum Gasteiger partial charge on any atom is -0.480 e. The van der Waals surface area contributed by atoms with Crippen LogP contribution in [0.5, 0.6) is 0 Å². The van der Waals surface area contributed by atoms with Gasteiger partial charge in [-0.1, -0.05) is 13.8 Å². The summed E-state index contributed by atoms with van der Waals surface area (Å²) in [5.41, 5.74) is 1.28. The Morgan fingerprint density at radius 2 is 2.12 bits per heavy atom. The van der Waals surface area contributed by atoms with Crippen LogP contribution in [0.2, 0.25) is 0 Å². The molecule has 0 aromatic carbocycles. The van der Waals surface area contributed by atoms with Crippen LogP contribution < -0.4 is 5.32 Å². The van der Waals surface area contributed by atoms with E-state index in [-0.39, 0.29) is 5.92 Å². The number of carboxylic acids is 1. The Morgan fingerprint density at radius 1 is 1.50 bits per heavy atom. The molecule has 1 rings (SSSR count). The second-order valence-corrected chi connectivity index (χ2v) is 5.73. The van der Waals surface area contributed by atoms with Crippen molar-refractivity contribution in [2.45, 2.75) is 40.3 Å². The molecule has 0 aliphatic carbocycles. The van der Waals surface area contributed by atoms with Gasteiger partial charge in [-0.2, -0.15) is 0 Å². The molecule has 1 unspecified atom stereocenters. The van der Waals surface area contributed by atoms with Crippen molar-refractivity contribution in [2.75, 3.05) is 0 Å².